The summed E-state index contributed by atoms with van der Waals surface area (Å²) in [5, 5.41) is 15.1. The second kappa shape index (κ2) is 9.17. The van der Waals surface area contributed by atoms with Gasteiger partial charge in [0.25, 0.3) is 0 Å². The van der Waals surface area contributed by atoms with Gasteiger partial charge in [0.05, 0.1) is 25.0 Å². The predicted octanol–water partition coefficient (Wildman–Crippen LogP) is 3.71. The Labute approximate surface area is 178 Å². The predicted molar refractivity (Wildman–Crippen MR) is 115 cm³/mol. The Kier molecular flexibility index (Phi) is 6.60. The Morgan fingerprint density at radius 2 is 1.90 bits per heavy atom. The first-order chi connectivity index (χ1) is 14.0. The van der Waals surface area contributed by atoms with E-state index in [0.717, 1.165) is 18.0 Å². The van der Waals surface area contributed by atoms with Crippen molar-refractivity contribution in [3.63, 3.8) is 0 Å². The highest BCUT2D eigenvalue weighted by molar-refractivity contribution is 6.30. The van der Waals surface area contributed by atoms with Crippen molar-refractivity contribution >= 4 is 11.6 Å². The van der Waals surface area contributed by atoms with E-state index >= 15 is 0 Å². The van der Waals surface area contributed by atoms with Crippen LogP contribution >= 0.6 is 11.6 Å². The number of hydrogen-bond donors (Lipinski definition) is 1. The van der Waals surface area contributed by atoms with Crippen LogP contribution in [-0.4, -0.2) is 57.7 Å². The molecule has 29 heavy (non-hydrogen) atoms. The standard InChI is InChI=1S/C23H32ClN3O2/c1-16-11-23(25-26(16)2)18-5-9-20(10-6-18)27-13-22(14-28)29-15-21(27)12-17-3-7-19(24)8-4-17/h3-4,7-8,11,18,20-22,28H,5-6,9-10,12-15H2,1-2H3/t18?,20?,21-,22+/m0/s1. The molecular weight excluding hydrogens is 386 g/mol. The maximum atomic E-state index is 9.66. The Bertz CT molecular complexity index is 779. The highest BCUT2D eigenvalue weighted by Gasteiger charge is 2.36. The molecule has 1 saturated carbocycles. The number of aromatic nitrogens is 2. The maximum absolute atomic E-state index is 9.66. The van der Waals surface area contributed by atoms with Crippen LogP contribution in [0.1, 0.15) is 48.6 Å². The zero-order chi connectivity index (χ0) is 20.4. The summed E-state index contributed by atoms with van der Waals surface area (Å²) in [6.45, 7) is 3.69. The third kappa shape index (κ3) is 4.85. The molecule has 6 heteroatoms. The van der Waals surface area contributed by atoms with E-state index in [2.05, 4.69) is 30.0 Å². The summed E-state index contributed by atoms with van der Waals surface area (Å²) in [7, 11) is 2.02. The van der Waals surface area contributed by atoms with Gasteiger partial charge in [-0.3, -0.25) is 9.58 Å². The lowest BCUT2D eigenvalue weighted by atomic mass is 9.82. The molecule has 0 radical (unpaired) electrons. The van der Waals surface area contributed by atoms with Crippen LogP contribution in [0, 0.1) is 6.92 Å². The topological polar surface area (TPSA) is 50.5 Å². The summed E-state index contributed by atoms with van der Waals surface area (Å²) in [6.07, 6.45) is 5.58. The summed E-state index contributed by atoms with van der Waals surface area (Å²) in [5.74, 6) is 0.565. The quantitative estimate of drug-likeness (QED) is 0.805. The Morgan fingerprint density at radius 1 is 1.17 bits per heavy atom. The van der Waals surface area contributed by atoms with Crippen molar-refractivity contribution in [3.05, 3.63) is 52.3 Å². The highest BCUT2D eigenvalue weighted by Crippen LogP contribution is 2.36. The Morgan fingerprint density at radius 3 is 2.52 bits per heavy atom. The van der Waals surface area contributed by atoms with Gasteiger partial charge in [-0.1, -0.05) is 23.7 Å². The summed E-state index contributed by atoms with van der Waals surface area (Å²) in [5.41, 5.74) is 3.76. The minimum atomic E-state index is -0.0763. The molecule has 2 aliphatic rings. The number of ether oxygens (including phenoxy) is 1. The number of aliphatic hydroxyl groups is 1. The van der Waals surface area contributed by atoms with Crippen molar-refractivity contribution in [1.29, 1.82) is 0 Å². The van der Waals surface area contributed by atoms with Gasteiger partial charge in [0, 0.05) is 42.3 Å². The summed E-state index contributed by atoms with van der Waals surface area (Å²) >= 11 is 6.05. The van der Waals surface area contributed by atoms with Gasteiger partial charge in [-0.05, 0) is 62.8 Å². The van der Waals surface area contributed by atoms with E-state index in [0.29, 0.717) is 24.6 Å². The summed E-state index contributed by atoms with van der Waals surface area (Å²) in [6, 6.07) is 11.3. The van der Waals surface area contributed by atoms with Gasteiger partial charge in [-0.25, -0.2) is 0 Å². The fourth-order valence-corrected chi connectivity index (χ4v) is 5.02. The first-order valence-electron chi connectivity index (χ1n) is 10.8. The third-order valence-corrected chi connectivity index (χ3v) is 6.96. The molecule has 4 rings (SSSR count). The molecule has 1 saturated heterocycles. The molecule has 2 fully saturated rings. The normalized spacial score (nSPS) is 28.6. The van der Waals surface area contributed by atoms with E-state index in [4.69, 9.17) is 21.4 Å². The molecule has 2 atom stereocenters. The molecule has 1 aliphatic carbocycles. The van der Waals surface area contributed by atoms with Crippen molar-refractivity contribution in [1.82, 2.24) is 14.7 Å². The first kappa shape index (κ1) is 20.9. The van der Waals surface area contributed by atoms with Crippen molar-refractivity contribution in [3.8, 4) is 0 Å². The second-order valence-electron chi connectivity index (χ2n) is 8.66. The molecule has 0 spiro atoms. The van der Waals surface area contributed by atoms with Gasteiger partial charge in [0.2, 0.25) is 0 Å². The van der Waals surface area contributed by atoms with Crippen molar-refractivity contribution in [2.24, 2.45) is 7.05 Å². The van der Waals surface area contributed by atoms with Crippen LogP contribution < -0.4 is 0 Å². The smallest absolute Gasteiger partial charge is 0.0933 e. The first-order valence-corrected chi connectivity index (χ1v) is 11.1. The van der Waals surface area contributed by atoms with Gasteiger partial charge in [-0.15, -0.1) is 0 Å². The Hall–Kier alpha value is -1.40. The highest BCUT2D eigenvalue weighted by atomic mass is 35.5. The molecule has 1 aliphatic heterocycles. The molecule has 158 valence electrons. The number of morpholine rings is 1. The summed E-state index contributed by atoms with van der Waals surface area (Å²) in [4.78, 5) is 2.61. The maximum Gasteiger partial charge on any atom is 0.0933 e. The fourth-order valence-electron chi connectivity index (χ4n) is 4.90. The van der Waals surface area contributed by atoms with E-state index in [1.807, 2.05) is 23.9 Å². The third-order valence-electron chi connectivity index (χ3n) is 6.71. The molecule has 0 bridgehead atoms. The molecule has 5 nitrogen and oxygen atoms in total. The molecule has 1 aromatic heterocycles. The lowest BCUT2D eigenvalue weighted by molar-refractivity contribution is -0.0998. The van der Waals surface area contributed by atoms with Crippen LogP contribution in [0.3, 0.4) is 0 Å². The monoisotopic (exact) mass is 417 g/mol. The number of nitrogens with zero attached hydrogens (tertiary/aromatic N) is 3. The number of aryl methyl sites for hydroxylation is 2. The molecule has 0 unspecified atom stereocenters. The van der Waals surface area contributed by atoms with Crippen molar-refractivity contribution in [2.45, 2.75) is 63.1 Å². The molecule has 1 aromatic carbocycles. The Balaban J connectivity index is 1.42. The number of benzene rings is 1. The summed E-state index contributed by atoms with van der Waals surface area (Å²) < 4.78 is 7.92. The van der Waals surface area contributed by atoms with Gasteiger partial charge in [0.1, 0.15) is 0 Å². The van der Waals surface area contributed by atoms with E-state index in [1.54, 1.807) is 0 Å². The molecule has 0 amide bonds. The molecule has 2 heterocycles. The second-order valence-corrected chi connectivity index (χ2v) is 9.10. The van der Waals surface area contributed by atoms with E-state index in [9.17, 15) is 5.11 Å². The van der Waals surface area contributed by atoms with Crippen LogP contribution in [0.4, 0.5) is 0 Å². The van der Waals surface area contributed by atoms with Gasteiger partial charge in [-0.2, -0.15) is 5.10 Å². The van der Waals surface area contributed by atoms with Crippen LogP contribution in [0.25, 0.3) is 0 Å². The number of aliphatic hydroxyl groups excluding tert-OH is 1. The van der Waals surface area contributed by atoms with Crippen LogP contribution in [0.2, 0.25) is 5.02 Å². The lowest BCUT2D eigenvalue weighted by Gasteiger charge is -2.46. The van der Waals surface area contributed by atoms with Crippen molar-refractivity contribution < 1.29 is 9.84 Å². The minimum Gasteiger partial charge on any atom is -0.394 e. The molecular formula is C23H32ClN3O2. The van der Waals surface area contributed by atoms with E-state index in [-0.39, 0.29) is 12.7 Å². The number of halogens is 1. The molecule has 1 N–H and O–H groups in total. The lowest BCUT2D eigenvalue weighted by Crippen LogP contribution is -2.56. The zero-order valence-electron chi connectivity index (χ0n) is 17.4. The van der Waals surface area contributed by atoms with E-state index in [1.165, 1.54) is 42.6 Å². The molecule has 2 aromatic rings. The van der Waals surface area contributed by atoms with Crippen LogP contribution in [0.5, 0.6) is 0 Å². The fraction of sp³-hybridized carbons (Fsp3) is 0.609. The van der Waals surface area contributed by atoms with Gasteiger partial charge >= 0.3 is 0 Å². The van der Waals surface area contributed by atoms with Gasteiger partial charge in [0.15, 0.2) is 0 Å². The van der Waals surface area contributed by atoms with Crippen molar-refractivity contribution in [2.75, 3.05) is 19.8 Å². The van der Waals surface area contributed by atoms with Crippen LogP contribution in [0.15, 0.2) is 30.3 Å². The minimum absolute atomic E-state index is 0.0763. The van der Waals surface area contributed by atoms with E-state index < -0.39 is 0 Å². The van der Waals surface area contributed by atoms with Crippen LogP contribution in [-0.2, 0) is 18.2 Å². The number of rotatable bonds is 5. The SMILES string of the molecule is Cc1cc(C2CCC(N3C[C@H](CO)OC[C@@H]3Cc3ccc(Cl)cc3)CC2)nn1C. The zero-order valence-corrected chi connectivity index (χ0v) is 18.2. The average Bonchev–Trinajstić information content (AvgIpc) is 3.08. The van der Waals surface area contributed by atoms with Gasteiger partial charge < -0.3 is 9.84 Å². The largest absolute Gasteiger partial charge is 0.394 e. The number of hydrogen-bond acceptors (Lipinski definition) is 4. The average molecular weight is 418 g/mol.